The van der Waals surface area contributed by atoms with Crippen LogP contribution < -0.4 is 5.56 Å². The number of aryl methyl sites for hydroxylation is 1. The van der Waals surface area contributed by atoms with Crippen LogP contribution in [0.25, 0.3) is 11.3 Å². The number of piperazine rings is 1. The fourth-order valence-electron chi connectivity index (χ4n) is 4.89. The van der Waals surface area contributed by atoms with E-state index in [0.717, 1.165) is 43.0 Å². The van der Waals surface area contributed by atoms with Gasteiger partial charge in [-0.1, -0.05) is 36.4 Å². The van der Waals surface area contributed by atoms with E-state index < -0.39 is 6.04 Å². The summed E-state index contributed by atoms with van der Waals surface area (Å²) in [6.45, 7) is 6.23. The lowest BCUT2D eigenvalue weighted by atomic mass is 9.86. The maximum absolute atomic E-state index is 13.3. The summed E-state index contributed by atoms with van der Waals surface area (Å²) in [5, 5.41) is 4.52. The number of pyridine rings is 1. The Bertz CT molecular complexity index is 1180. The summed E-state index contributed by atoms with van der Waals surface area (Å²) in [7, 11) is 0. The molecule has 3 aromatic rings. The Morgan fingerprint density at radius 1 is 1.03 bits per heavy atom. The standard InChI is InChI=1S/C25H27N5O2/c1-17-7-6-10-20(26-17)14-28-15-21-13-22(16-28)29(21)25(32)18(2)30-24(31)12-11-23(27-30)19-8-4-3-5-9-19/h3-12,18,21-22H,13-16H2,1-2H3. The minimum Gasteiger partial charge on any atom is -0.332 e. The molecule has 3 fully saturated rings. The van der Waals surface area contributed by atoms with Crippen LogP contribution in [0.3, 0.4) is 0 Å². The van der Waals surface area contributed by atoms with E-state index >= 15 is 0 Å². The minimum atomic E-state index is -0.638. The highest BCUT2D eigenvalue weighted by Gasteiger charge is 2.48. The third kappa shape index (κ3) is 3.84. The van der Waals surface area contributed by atoms with E-state index in [-0.39, 0.29) is 23.6 Å². The van der Waals surface area contributed by atoms with E-state index in [2.05, 4.69) is 21.0 Å². The fraction of sp³-hybridized carbons (Fsp3) is 0.360. The quantitative estimate of drug-likeness (QED) is 0.624. The number of amides is 1. The van der Waals surface area contributed by atoms with Crippen LogP contribution in [0.5, 0.6) is 0 Å². The molecule has 7 nitrogen and oxygen atoms in total. The molecule has 3 atom stereocenters. The van der Waals surface area contributed by atoms with Crippen LogP contribution in [0, 0.1) is 6.92 Å². The fourth-order valence-corrected chi connectivity index (χ4v) is 4.89. The first-order chi connectivity index (χ1) is 15.5. The zero-order valence-corrected chi connectivity index (χ0v) is 18.4. The molecule has 3 saturated heterocycles. The van der Waals surface area contributed by atoms with Crippen LogP contribution in [0.15, 0.2) is 65.5 Å². The predicted octanol–water partition coefficient (Wildman–Crippen LogP) is 2.66. The molecule has 0 radical (unpaired) electrons. The summed E-state index contributed by atoms with van der Waals surface area (Å²) < 4.78 is 1.33. The summed E-state index contributed by atoms with van der Waals surface area (Å²) in [6.07, 6.45) is 1.02. The molecule has 2 bridgehead atoms. The molecule has 6 rings (SSSR count). The number of rotatable bonds is 5. The van der Waals surface area contributed by atoms with Gasteiger partial charge in [0.05, 0.1) is 11.4 Å². The molecule has 0 spiro atoms. The first-order valence-corrected chi connectivity index (χ1v) is 11.1. The number of nitrogens with zero attached hydrogens (tertiary/aromatic N) is 5. The van der Waals surface area contributed by atoms with Gasteiger partial charge < -0.3 is 4.90 Å². The van der Waals surface area contributed by atoms with Crippen LogP contribution >= 0.6 is 0 Å². The maximum Gasteiger partial charge on any atom is 0.267 e. The topological polar surface area (TPSA) is 71.3 Å². The molecule has 1 aromatic carbocycles. The van der Waals surface area contributed by atoms with Crippen molar-refractivity contribution in [2.45, 2.75) is 44.9 Å². The van der Waals surface area contributed by atoms with Gasteiger partial charge in [-0.05, 0) is 38.5 Å². The van der Waals surface area contributed by atoms with E-state index in [4.69, 9.17) is 0 Å². The van der Waals surface area contributed by atoms with Crippen molar-refractivity contribution < 1.29 is 4.79 Å². The summed E-state index contributed by atoms with van der Waals surface area (Å²) in [4.78, 5) is 34.8. The van der Waals surface area contributed by atoms with E-state index in [1.807, 2.05) is 54.3 Å². The van der Waals surface area contributed by atoms with Crippen LogP contribution in [0.4, 0.5) is 0 Å². The van der Waals surface area contributed by atoms with E-state index in [0.29, 0.717) is 5.69 Å². The van der Waals surface area contributed by atoms with Gasteiger partial charge in [-0.15, -0.1) is 0 Å². The minimum absolute atomic E-state index is 0.0283. The van der Waals surface area contributed by atoms with Crippen LogP contribution in [-0.2, 0) is 11.3 Å². The van der Waals surface area contributed by atoms with Gasteiger partial charge in [0, 0.05) is 49.0 Å². The highest BCUT2D eigenvalue weighted by atomic mass is 16.2. The maximum atomic E-state index is 13.3. The molecule has 32 heavy (non-hydrogen) atoms. The summed E-state index contributed by atoms with van der Waals surface area (Å²) in [6, 6.07) is 18.7. The van der Waals surface area contributed by atoms with Crippen LogP contribution in [0.1, 0.15) is 30.8 Å². The molecule has 3 unspecified atom stereocenters. The molecule has 2 aromatic heterocycles. The zero-order chi connectivity index (χ0) is 22.2. The third-order valence-electron chi connectivity index (χ3n) is 6.47. The number of carbonyl (C=O) groups is 1. The smallest absolute Gasteiger partial charge is 0.267 e. The highest BCUT2D eigenvalue weighted by molar-refractivity contribution is 5.81. The molecular formula is C25H27N5O2. The van der Waals surface area contributed by atoms with Gasteiger partial charge in [-0.3, -0.25) is 19.5 Å². The molecule has 0 N–H and O–H groups in total. The molecule has 3 aliphatic heterocycles. The van der Waals surface area contributed by atoms with Crippen LogP contribution in [-0.4, -0.2) is 55.6 Å². The molecular weight excluding hydrogens is 402 g/mol. The predicted molar refractivity (Wildman–Crippen MR) is 122 cm³/mol. The van der Waals surface area contributed by atoms with Gasteiger partial charge in [0.25, 0.3) is 5.56 Å². The number of benzene rings is 1. The van der Waals surface area contributed by atoms with Gasteiger partial charge in [0.1, 0.15) is 6.04 Å². The number of aromatic nitrogens is 3. The molecule has 0 saturated carbocycles. The van der Waals surface area contributed by atoms with Gasteiger partial charge in [-0.25, -0.2) is 4.68 Å². The lowest BCUT2D eigenvalue weighted by Gasteiger charge is -2.56. The Kier molecular flexibility index (Phi) is 5.35. The Hall–Kier alpha value is -3.32. The van der Waals surface area contributed by atoms with Gasteiger partial charge in [0.15, 0.2) is 0 Å². The van der Waals surface area contributed by atoms with Crippen molar-refractivity contribution in [2.24, 2.45) is 0 Å². The summed E-state index contributed by atoms with van der Waals surface area (Å²) in [5.41, 5.74) is 3.42. The Balaban J connectivity index is 1.29. The van der Waals surface area contributed by atoms with E-state index in [1.165, 1.54) is 10.7 Å². The molecule has 1 amide bonds. The van der Waals surface area contributed by atoms with Gasteiger partial charge in [-0.2, -0.15) is 5.10 Å². The normalized spacial score (nSPS) is 21.1. The SMILES string of the molecule is Cc1cccc(CN2CC3CC(C2)N3C(=O)C(C)n2nc(-c3ccccc3)ccc2=O)n1. The molecule has 164 valence electrons. The van der Waals surface area contributed by atoms with Crippen molar-refractivity contribution in [3.05, 3.63) is 82.4 Å². The lowest BCUT2D eigenvalue weighted by molar-refractivity contribution is -0.158. The Labute approximate surface area is 187 Å². The number of carbonyl (C=O) groups excluding carboxylic acids is 1. The first kappa shape index (κ1) is 20.6. The third-order valence-corrected chi connectivity index (χ3v) is 6.47. The Morgan fingerprint density at radius 2 is 1.78 bits per heavy atom. The van der Waals surface area contributed by atoms with Crippen molar-refractivity contribution in [3.8, 4) is 11.3 Å². The number of hydrogen-bond donors (Lipinski definition) is 0. The molecule has 3 aliphatic rings. The van der Waals surface area contributed by atoms with Gasteiger partial charge in [0.2, 0.25) is 5.91 Å². The van der Waals surface area contributed by atoms with Crippen LogP contribution in [0.2, 0.25) is 0 Å². The molecule has 7 heteroatoms. The second-order valence-corrected chi connectivity index (χ2v) is 8.80. The molecule has 0 aliphatic carbocycles. The zero-order valence-electron chi connectivity index (χ0n) is 18.4. The summed E-state index contributed by atoms with van der Waals surface area (Å²) >= 11 is 0. The van der Waals surface area contributed by atoms with Crippen molar-refractivity contribution in [1.29, 1.82) is 0 Å². The average Bonchev–Trinajstić information content (AvgIpc) is 2.79. The van der Waals surface area contributed by atoms with Crippen molar-refractivity contribution in [2.75, 3.05) is 13.1 Å². The summed E-state index contributed by atoms with van der Waals surface area (Å²) in [5.74, 6) is -0.0283. The number of fused-ring (bicyclic) bond motifs is 2. The van der Waals surface area contributed by atoms with E-state index in [9.17, 15) is 9.59 Å². The molecule has 5 heterocycles. The Morgan fingerprint density at radius 3 is 2.50 bits per heavy atom. The first-order valence-electron chi connectivity index (χ1n) is 11.1. The number of hydrogen-bond acceptors (Lipinski definition) is 5. The van der Waals surface area contributed by atoms with Crippen molar-refractivity contribution >= 4 is 5.91 Å². The lowest BCUT2D eigenvalue weighted by Crippen LogP contribution is -2.70. The second kappa shape index (κ2) is 8.31. The van der Waals surface area contributed by atoms with E-state index in [1.54, 1.807) is 13.0 Å². The average molecular weight is 430 g/mol. The second-order valence-electron chi connectivity index (χ2n) is 8.80. The highest BCUT2D eigenvalue weighted by Crippen LogP contribution is 2.34. The van der Waals surface area contributed by atoms with Crippen molar-refractivity contribution in [3.63, 3.8) is 0 Å². The van der Waals surface area contributed by atoms with Crippen molar-refractivity contribution in [1.82, 2.24) is 24.6 Å². The largest absolute Gasteiger partial charge is 0.332 e. The number of piperidine rings is 1. The van der Waals surface area contributed by atoms with Gasteiger partial charge >= 0.3 is 0 Å². The monoisotopic (exact) mass is 429 g/mol.